The molecule has 0 bridgehead atoms. The number of methoxy groups -OCH3 is 1. The topological polar surface area (TPSA) is 38.5 Å². The van der Waals surface area contributed by atoms with Crippen molar-refractivity contribution in [1.82, 2.24) is 4.90 Å². The van der Waals surface area contributed by atoms with E-state index in [9.17, 15) is 0 Å². The van der Waals surface area contributed by atoms with Gasteiger partial charge >= 0.3 is 0 Å². The Balaban J connectivity index is 2.17. The van der Waals surface area contributed by atoms with E-state index in [1.54, 1.807) is 7.11 Å². The van der Waals surface area contributed by atoms with E-state index in [-0.39, 0.29) is 0 Å². The Morgan fingerprint density at radius 2 is 1.75 bits per heavy atom. The van der Waals surface area contributed by atoms with Gasteiger partial charge in [0, 0.05) is 19.7 Å². The molecular weight excluding hydrogens is 248 g/mol. The Hall–Kier alpha value is -0.900. The first kappa shape index (κ1) is 15.5. The van der Waals surface area contributed by atoms with Crippen LogP contribution in [0.2, 0.25) is 0 Å². The van der Waals surface area contributed by atoms with Crippen molar-refractivity contribution >= 4 is 0 Å². The van der Waals surface area contributed by atoms with E-state index in [1.165, 1.54) is 56.3 Å². The largest absolute Gasteiger partial charge is 0.380 e. The van der Waals surface area contributed by atoms with Crippen LogP contribution in [0.1, 0.15) is 49.3 Å². The minimum absolute atomic E-state index is 0.333. The van der Waals surface area contributed by atoms with Crippen molar-refractivity contribution in [2.45, 2.75) is 44.8 Å². The molecule has 1 atom stereocenters. The molecule has 1 saturated heterocycles. The second-order valence-electron chi connectivity index (χ2n) is 5.69. The highest BCUT2D eigenvalue weighted by molar-refractivity contribution is 5.30. The van der Waals surface area contributed by atoms with E-state index < -0.39 is 0 Å². The molecule has 1 fully saturated rings. The van der Waals surface area contributed by atoms with Gasteiger partial charge in [0.1, 0.15) is 0 Å². The second-order valence-corrected chi connectivity index (χ2v) is 5.69. The lowest BCUT2D eigenvalue weighted by Crippen LogP contribution is -2.36. The summed E-state index contributed by atoms with van der Waals surface area (Å²) in [6.45, 7) is 3.69. The molecule has 1 aromatic rings. The molecule has 3 nitrogen and oxygen atoms in total. The van der Waals surface area contributed by atoms with Crippen LogP contribution < -0.4 is 5.73 Å². The zero-order valence-electron chi connectivity index (χ0n) is 12.7. The van der Waals surface area contributed by atoms with E-state index >= 15 is 0 Å². The van der Waals surface area contributed by atoms with Crippen LogP contribution in [-0.2, 0) is 11.3 Å². The summed E-state index contributed by atoms with van der Waals surface area (Å²) in [5.74, 6) is 0. The van der Waals surface area contributed by atoms with Gasteiger partial charge in [0.05, 0.1) is 6.61 Å². The van der Waals surface area contributed by atoms with Gasteiger partial charge in [-0.25, -0.2) is 0 Å². The third-order valence-electron chi connectivity index (χ3n) is 4.27. The molecule has 2 N–H and O–H groups in total. The van der Waals surface area contributed by atoms with Gasteiger partial charge in [-0.3, -0.25) is 4.90 Å². The molecule has 1 aliphatic rings. The molecule has 20 heavy (non-hydrogen) atoms. The molecule has 0 spiro atoms. The quantitative estimate of drug-likeness (QED) is 0.898. The third-order valence-corrected chi connectivity index (χ3v) is 4.27. The lowest BCUT2D eigenvalue weighted by atomic mass is 9.97. The lowest BCUT2D eigenvalue weighted by Gasteiger charge is -2.33. The molecule has 3 heteroatoms. The monoisotopic (exact) mass is 276 g/mol. The second kappa shape index (κ2) is 8.40. The Morgan fingerprint density at radius 3 is 2.40 bits per heavy atom. The SMILES string of the molecule is COCc1ccccc1C(CN)N1CCCCCCC1. The van der Waals surface area contributed by atoms with E-state index in [4.69, 9.17) is 10.5 Å². The van der Waals surface area contributed by atoms with Gasteiger partial charge < -0.3 is 10.5 Å². The third kappa shape index (κ3) is 4.05. The van der Waals surface area contributed by atoms with E-state index in [0.29, 0.717) is 19.2 Å². The van der Waals surface area contributed by atoms with Crippen LogP contribution in [-0.4, -0.2) is 31.6 Å². The number of benzene rings is 1. The number of ether oxygens (including phenoxy) is 1. The molecule has 0 aromatic heterocycles. The van der Waals surface area contributed by atoms with Gasteiger partial charge in [0.15, 0.2) is 0 Å². The summed E-state index contributed by atoms with van der Waals surface area (Å²) in [5, 5.41) is 0. The maximum absolute atomic E-state index is 6.11. The summed E-state index contributed by atoms with van der Waals surface area (Å²) in [6, 6.07) is 8.90. The highest BCUT2D eigenvalue weighted by atomic mass is 16.5. The smallest absolute Gasteiger partial charge is 0.0716 e. The zero-order valence-corrected chi connectivity index (χ0v) is 12.7. The zero-order chi connectivity index (χ0) is 14.2. The van der Waals surface area contributed by atoms with Crippen molar-refractivity contribution < 1.29 is 4.74 Å². The number of nitrogens with zero attached hydrogens (tertiary/aromatic N) is 1. The van der Waals surface area contributed by atoms with Crippen molar-refractivity contribution in [1.29, 1.82) is 0 Å². The van der Waals surface area contributed by atoms with Gasteiger partial charge in [0.25, 0.3) is 0 Å². The summed E-state index contributed by atoms with van der Waals surface area (Å²) in [4.78, 5) is 2.58. The van der Waals surface area contributed by atoms with Crippen molar-refractivity contribution in [2.24, 2.45) is 5.73 Å². The molecule has 0 amide bonds. The van der Waals surface area contributed by atoms with Crippen LogP contribution in [0, 0.1) is 0 Å². The highest BCUT2D eigenvalue weighted by Crippen LogP contribution is 2.26. The van der Waals surface area contributed by atoms with Crippen molar-refractivity contribution in [3.63, 3.8) is 0 Å². The highest BCUT2D eigenvalue weighted by Gasteiger charge is 2.21. The maximum atomic E-state index is 6.11. The van der Waals surface area contributed by atoms with Gasteiger partial charge in [-0.1, -0.05) is 43.5 Å². The van der Waals surface area contributed by atoms with Crippen LogP contribution in [0.4, 0.5) is 0 Å². The first-order valence-electron chi connectivity index (χ1n) is 7.87. The molecule has 112 valence electrons. The van der Waals surface area contributed by atoms with Gasteiger partial charge in [-0.05, 0) is 37.1 Å². The number of hydrogen-bond acceptors (Lipinski definition) is 3. The normalized spacial score (nSPS) is 19.3. The number of nitrogens with two attached hydrogens (primary N) is 1. The molecule has 1 aliphatic heterocycles. The number of hydrogen-bond donors (Lipinski definition) is 1. The fourth-order valence-electron chi connectivity index (χ4n) is 3.20. The van der Waals surface area contributed by atoms with Gasteiger partial charge in [-0.15, -0.1) is 0 Å². The summed E-state index contributed by atoms with van der Waals surface area (Å²) >= 11 is 0. The summed E-state index contributed by atoms with van der Waals surface area (Å²) < 4.78 is 5.34. The molecule has 0 aliphatic carbocycles. The van der Waals surface area contributed by atoms with Gasteiger partial charge in [-0.2, -0.15) is 0 Å². The fraction of sp³-hybridized carbons (Fsp3) is 0.647. The molecule has 1 heterocycles. The summed E-state index contributed by atoms with van der Waals surface area (Å²) in [6.07, 6.45) is 6.69. The standard InChI is InChI=1S/C17H28N2O/c1-20-14-15-9-5-6-10-16(15)17(13-18)19-11-7-3-2-4-8-12-19/h5-6,9-10,17H,2-4,7-8,11-14,18H2,1H3. The molecule has 0 radical (unpaired) electrons. The van der Waals surface area contributed by atoms with E-state index in [0.717, 1.165) is 0 Å². The summed E-state index contributed by atoms with van der Waals surface area (Å²) in [5.41, 5.74) is 8.72. The van der Waals surface area contributed by atoms with E-state index in [2.05, 4.69) is 29.2 Å². The molecule has 1 aromatic carbocycles. The minimum Gasteiger partial charge on any atom is -0.380 e. The van der Waals surface area contributed by atoms with E-state index in [1.807, 2.05) is 0 Å². The number of likely N-dealkylation sites (tertiary alicyclic amines) is 1. The Morgan fingerprint density at radius 1 is 1.10 bits per heavy atom. The first-order valence-corrected chi connectivity index (χ1v) is 7.87. The summed E-state index contributed by atoms with van der Waals surface area (Å²) in [7, 11) is 1.75. The predicted molar refractivity (Wildman–Crippen MR) is 83.6 cm³/mol. The Kier molecular flexibility index (Phi) is 6.51. The van der Waals surface area contributed by atoms with Crippen LogP contribution >= 0.6 is 0 Å². The minimum atomic E-state index is 0.333. The Bertz CT molecular complexity index is 386. The van der Waals surface area contributed by atoms with Crippen molar-refractivity contribution in [3.05, 3.63) is 35.4 Å². The van der Waals surface area contributed by atoms with Crippen molar-refractivity contribution in [2.75, 3.05) is 26.7 Å². The molecular formula is C17H28N2O. The molecule has 0 saturated carbocycles. The van der Waals surface area contributed by atoms with Crippen LogP contribution in [0.3, 0.4) is 0 Å². The lowest BCUT2D eigenvalue weighted by molar-refractivity contribution is 0.168. The van der Waals surface area contributed by atoms with Crippen LogP contribution in [0.15, 0.2) is 24.3 Å². The van der Waals surface area contributed by atoms with Crippen molar-refractivity contribution in [3.8, 4) is 0 Å². The average molecular weight is 276 g/mol. The molecule has 1 unspecified atom stereocenters. The predicted octanol–water partition coefficient (Wildman–Crippen LogP) is 3.10. The molecule has 2 rings (SSSR count). The Labute approximate surface area is 123 Å². The first-order chi connectivity index (χ1) is 9.86. The van der Waals surface area contributed by atoms with Crippen LogP contribution in [0.5, 0.6) is 0 Å². The van der Waals surface area contributed by atoms with Gasteiger partial charge in [0.2, 0.25) is 0 Å². The maximum Gasteiger partial charge on any atom is 0.0716 e. The number of rotatable bonds is 5. The fourth-order valence-corrected chi connectivity index (χ4v) is 3.20. The average Bonchev–Trinajstić information content (AvgIpc) is 2.43. The van der Waals surface area contributed by atoms with Crippen LogP contribution in [0.25, 0.3) is 0 Å².